The molecule has 1 aromatic heterocycles. The zero-order chi connectivity index (χ0) is 20.5. The fourth-order valence-corrected chi connectivity index (χ4v) is 4.42. The molecule has 1 atom stereocenters. The van der Waals surface area contributed by atoms with E-state index in [1.54, 1.807) is 11.8 Å². The molecule has 0 spiro atoms. The molecule has 2 aliphatic rings. The van der Waals surface area contributed by atoms with Crippen LogP contribution in [-0.4, -0.2) is 89.0 Å². The fraction of sp³-hybridized carbons (Fsp3) is 0.722. The van der Waals surface area contributed by atoms with E-state index in [4.69, 9.17) is 11.6 Å². The van der Waals surface area contributed by atoms with Crippen molar-refractivity contribution in [2.24, 2.45) is 0 Å². The second kappa shape index (κ2) is 8.52. The first-order valence-electron chi connectivity index (χ1n) is 9.61. The first-order chi connectivity index (χ1) is 13.1. The summed E-state index contributed by atoms with van der Waals surface area (Å²) in [5.74, 6) is 0.122. The van der Waals surface area contributed by atoms with Crippen LogP contribution in [0.1, 0.15) is 26.5 Å². The van der Waals surface area contributed by atoms with Crippen molar-refractivity contribution in [3.05, 3.63) is 10.0 Å². The Bertz CT molecular complexity index is 707. The minimum atomic E-state index is -0.202. The number of aryl methyl sites for hydroxylation is 1. The average Bonchev–Trinajstić information content (AvgIpc) is 2.97. The van der Waals surface area contributed by atoms with Crippen molar-refractivity contribution in [2.75, 3.05) is 51.1 Å². The second-order valence-electron chi connectivity index (χ2n) is 8.24. The highest BCUT2D eigenvalue weighted by Crippen LogP contribution is 2.27. The summed E-state index contributed by atoms with van der Waals surface area (Å²) in [6, 6.07) is -0.388. The van der Waals surface area contributed by atoms with Crippen LogP contribution in [0.25, 0.3) is 0 Å². The van der Waals surface area contributed by atoms with Gasteiger partial charge in [-0.1, -0.05) is 22.9 Å². The molecule has 3 rings (SSSR count). The largest absolute Gasteiger partial charge is 0.338 e. The number of amides is 3. The molecule has 0 radical (unpaired) electrons. The van der Waals surface area contributed by atoms with Gasteiger partial charge in [-0.15, -0.1) is 0 Å². The number of hydrogen-bond donors (Lipinski definition) is 2. The van der Waals surface area contributed by atoms with Gasteiger partial charge in [0.25, 0.3) is 0 Å². The Hall–Kier alpha value is -1.42. The molecule has 0 aromatic carbocycles. The van der Waals surface area contributed by atoms with E-state index >= 15 is 0 Å². The maximum atomic E-state index is 12.9. The zero-order valence-electron chi connectivity index (χ0n) is 16.9. The fourth-order valence-electron chi connectivity index (χ4n) is 3.48. The van der Waals surface area contributed by atoms with Crippen molar-refractivity contribution in [3.8, 4) is 0 Å². The number of aromatic nitrogens is 1. The summed E-state index contributed by atoms with van der Waals surface area (Å²) in [7, 11) is 0. The van der Waals surface area contributed by atoms with Crippen LogP contribution in [0.2, 0.25) is 4.34 Å². The van der Waals surface area contributed by atoms with E-state index in [-0.39, 0.29) is 23.5 Å². The number of halogens is 1. The highest BCUT2D eigenvalue weighted by Gasteiger charge is 2.34. The number of piperazine rings is 2. The highest BCUT2D eigenvalue weighted by molar-refractivity contribution is 7.19. The molecule has 2 N–H and O–H groups in total. The van der Waals surface area contributed by atoms with E-state index in [1.807, 2.05) is 4.90 Å². The smallest absolute Gasteiger partial charge is 0.323 e. The van der Waals surface area contributed by atoms with Crippen LogP contribution in [0.15, 0.2) is 0 Å². The van der Waals surface area contributed by atoms with Gasteiger partial charge in [0, 0.05) is 51.4 Å². The van der Waals surface area contributed by atoms with Crippen molar-refractivity contribution >= 4 is 40.0 Å². The molecule has 3 amide bonds. The molecule has 3 heterocycles. The number of carbonyl (C=O) groups is 2. The monoisotopic (exact) mass is 428 g/mol. The summed E-state index contributed by atoms with van der Waals surface area (Å²) in [4.78, 5) is 35.5. The summed E-state index contributed by atoms with van der Waals surface area (Å²) in [5, 5.41) is 6.64. The summed E-state index contributed by atoms with van der Waals surface area (Å²) in [6.07, 6.45) is 0. The highest BCUT2D eigenvalue weighted by atomic mass is 35.5. The first kappa shape index (κ1) is 21.3. The molecule has 1 aromatic rings. The molecule has 28 heavy (non-hydrogen) atoms. The zero-order valence-corrected chi connectivity index (χ0v) is 18.5. The van der Waals surface area contributed by atoms with Gasteiger partial charge in [0.05, 0.1) is 11.7 Å². The molecule has 2 saturated heterocycles. The topological polar surface area (TPSA) is 80.8 Å². The maximum absolute atomic E-state index is 12.9. The summed E-state index contributed by atoms with van der Waals surface area (Å²) in [5.41, 5.74) is 0.760. The lowest BCUT2D eigenvalue weighted by atomic mass is 10.0. The van der Waals surface area contributed by atoms with Gasteiger partial charge in [0.1, 0.15) is 4.34 Å². The van der Waals surface area contributed by atoms with Gasteiger partial charge in [0.15, 0.2) is 5.13 Å². The summed E-state index contributed by atoms with van der Waals surface area (Å²) < 4.78 is 0.579. The van der Waals surface area contributed by atoms with Crippen molar-refractivity contribution < 1.29 is 9.59 Å². The van der Waals surface area contributed by atoms with E-state index < -0.39 is 0 Å². The molecule has 2 aliphatic heterocycles. The number of nitrogens with one attached hydrogen (secondary N) is 2. The Labute approximate surface area is 175 Å². The van der Waals surface area contributed by atoms with Crippen LogP contribution < -0.4 is 10.6 Å². The van der Waals surface area contributed by atoms with Crippen molar-refractivity contribution in [1.82, 2.24) is 25.0 Å². The van der Waals surface area contributed by atoms with Gasteiger partial charge in [-0.25, -0.2) is 9.78 Å². The molecule has 156 valence electrons. The predicted molar refractivity (Wildman–Crippen MR) is 112 cm³/mol. The van der Waals surface area contributed by atoms with Gasteiger partial charge < -0.3 is 15.1 Å². The van der Waals surface area contributed by atoms with E-state index in [1.165, 1.54) is 11.3 Å². The Kier molecular flexibility index (Phi) is 6.48. The Morgan fingerprint density at radius 1 is 1.18 bits per heavy atom. The van der Waals surface area contributed by atoms with Crippen LogP contribution in [0.3, 0.4) is 0 Å². The summed E-state index contributed by atoms with van der Waals surface area (Å²) in [6.45, 7) is 12.9. The van der Waals surface area contributed by atoms with Gasteiger partial charge >= 0.3 is 6.03 Å². The molecule has 0 bridgehead atoms. The minimum absolute atomic E-state index is 0.0501. The molecule has 1 unspecified atom stereocenters. The first-order valence-corrected chi connectivity index (χ1v) is 10.8. The number of thiazole rings is 1. The van der Waals surface area contributed by atoms with Crippen LogP contribution in [0, 0.1) is 6.92 Å². The third-order valence-electron chi connectivity index (χ3n) is 5.25. The lowest BCUT2D eigenvalue weighted by Crippen LogP contribution is -2.63. The van der Waals surface area contributed by atoms with Crippen LogP contribution in [0.5, 0.6) is 0 Å². The number of anilines is 1. The lowest BCUT2D eigenvalue weighted by Gasteiger charge is -2.43. The average molecular weight is 429 g/mol. The number of carbonyl (C=O) groups excluding carboxylic acids is 2. The number of nitrogens with zero attached hydrogens (tertiary/aromatic N) is 4. The van der Waals surface area contributed by atoms with Crippen molar-refractivity contribution in [2.45, 2.75) is 39.3 Å². The van der Waals surface area contributed by atoms with Crippen molar-refractivity contribution in [3.63, 3.8) is 0 Å². The Balaban J connectivity index is 1.50. The molecular weight excluding hydrogens is 400 g/mol. The van der Waals surface area contributed by atoms with Crippen LogP contribution in [-0.2, 0) is 4.79 Å². The number of hydrogen-bond acceptors (Lipinski definition) is 6. The molecule has 8 nitrogen and oxygen atoms in total. The molecular formula is C18H29ClN6O2S. The van der Waals surface area contributed by atoms with E-state index in [2.05, 4.69) is 41.3 Å². The van der Waals surface area contributed by atoms with Crippen molar-refractivity contribution in [1.29, 1.82) is 0 Å². The van der Waals surface area contributed by atoms with Gasteiger partial charge in [-0.2, -0.15) is 0 Å². The quantitative estimate of drug-likeness (QED) is 0.751. The third kappa shape index (κ3) is 4.94. The van der Waals surface area contributed by atoms with Gasteiger partial charge in [0.2, 0.25) is 5.91 Å². The SMILES string of the molecule is Cc1nc(NC(=O)N2CCN(C(=O)C3CN(C(C)(C)C)CCN3)CC2)sc1Cl. The summed E-state index contributed by atoms with van der Waals surface area (Å²) >= 11 is 7.25. The Morgan fingerprint density at radius 2 is 1.82 bits per heavy atom. The van der Waals surface area contributed by atoms with E-state index in [0.717, 1.165) is 13.1 Å². The maximum Gasteiger partial charge on any atom is 0.323 e. The third-order valence-corrected chi connectivity index (χ3v) is 6.62. The molecule has 0 aliphatic carbocycles. The predicted octanol–water partition coefficient (Wildman–Crippen LogP) is 1.85. The van der Waals surface area contributed by atoms with E-state index in [0.29, 0.717) is 47.9 Å². The Morgan fingerprint density at radius 3 is 2.39 bits per heavy atom. The standard InChI is InChI=1S/C18H29ClN6O2S/c1-12-14(19)28-16(21-12)22-17(27)24-9-7-23(8-10-24)15(26)13-11-25(6-5-20-13)18(2,3)4/h13,20H,5-11H2,1-4H3,(H,21,22,27). The normalized spacial score (nSPS) is 21.7. The van der Waals surface area contributed by atoms with Gasteiger partial charge in [-0.05, 0) is 27.7 Å². The molecule has 0 saturated carbocycles. The minimum Gasteiger partial charge on any atom is -0.338 e. The number of rotatable bonds is 2. The second-order valence-corrected chi connectivity index (χ2v) is 9.85. The number of urea groups is 1. The molecule has 2 fully saturated rings. The lowest BCUT2D eigenvalue weighted by molar-refractivity contribution is -0.136. The van der Waals surface area contributed by atoms with Crippen LogP contribution in [0.4, 0.5) is 9.93 Å². The van der Waals surface area contributed by atoms with Crippen LogP contribution >= 0.6 is 22.9 Å². The molecule has 10 heteroatoms. The van der Waals surface area contributed by atoms with E-state index in [9.17, 15) is 9.59 Å². The van der Waals surface area contributed by atoms with Gasteiger partial charge in [-0.3, -0.25) is 15.0 Å².